The summed E-state index contributed by atoms with van der Waals surface area (Å²) in [5.41, 5.74) is -0.980. The maximum atomic E-state index is 12.4. The largest absolute Gasteiger partial charge is 0.315 e. The Hall–Kier alpha value is -1.66. The van der Waals surface area contributed by atoms with Crippen molar-refractivity contribution in [2.45, 2.75) is 19.4 Å². The van der Waals surface area contributed by atoms with Gasteiger partial charge in [-0.05, 0) is 19.9 Å². The molecule has 0 radical (unpaired) electrons. The Morgan fingerprint density at radius 3 is 2.65 bits per heavy atom. The molecule has 2 heterocycles. The second kappa shape index (κ2) is 5.03. The number of imide groups is 1. The molecule has 0 atom stereocenters. The third-order valence-electron chi connectivity index (χ3n) is 3.07. The van der Waals surface area contributed by atoms with Crippen LogP contribution in [-0.4, -0.2) is 39.7 Å². The van der Waals surface area contributed by atoms with Gasteiger partial charge >= 0.3 is 0 Å². The minimum Gasteiger partial charge on any atom is -0.315 e. The van der Waals surface area contributed by atoms with Crippen LogP contribution in [0, 0.1) is 0 Å². The summed E-state index contributed by atoms with van der Waals surface area (Å²) in [6.07, 6.45) is 1.25. The molecular formula is C12H11Cl2N3O3. The lowest BCUT2D eigenvalue weighted by molar-refractivity contribution is -0.143. The van der Waals surface area contributed by atoms with Gasteiger partial charge in [0.25, 0.3) is 11.8 Å². The van der Waals surface area contributed by atoms with Crippen LogP contribution in [0.4, 0.5) is 0 Å². The molecule has 20 heavy (non-hydrogen) atoms. The molecule has 8 heteroatoms. The Labute approximate surface area is 125 Å². The van der Waals surface area contributed by atoms with Crippen LogP contribution in [0.1, 0.15) is 24.2 Å². The molecule has 1 aromatic rings. The average molecular weight is 316 g/mol. The van der Waals surface area contributed by atoms with E-state index in [0.29, 0.717) is 0 Å². The minimum absolute atomic E-state index is 0.0786. The Morgan fingerprint density at radius 1 is 1.40 bits per heavy atom. The van der Waals surface area contributed by atoms with Crippen molar-refractivity contribution in [3.63, 3.8) is 0 Å². The predicted molar refractivity (Wildman–Crippen MR) is 72.5 cm³/mol. The molecule has 1 N–H and O–H groups in total. The van der Waals surface area contributed by atoms with E-state index in [1.54, 1.807) is 13.8 Å². The van der Waals surface area contributed by atoms with E-state index in [1.165, 1.54) is 17.2 Å². The van der Waals surface area contributed by atoms with Gasteiger partial charge in [0.15, 0.2) is 0 Å². The first-order chi connectivity index (χ1) is 9.23. The number of pyridine rings is 1. The van der Waals surface area contributed by atoms with E-state index in [1.807, 2.05) is 0 Å². The normalized spacial score (nSPS) is 17.9. The van der Waals surface area contributed by atoms with Crippen LogP contribution >= 0.6 is 23.2 Å². The number of piperazine rings is 1. The number of aromatic nitrogens is 1. The van der Waals surface area contributed by atoms with Crippen LogP contribution in [-0.2, 0) is 9.59 Å². The van der Waals surface area contributed by atoms with Gasteiger partial charge in [-0.2, -0.15) is 0 Å². The fourth-order valence-corrected chi connectivity index (χ4v) is 2.07. The minimum atomic E-state index is -1.14. The summed E-state index contributed by atoms with van der Waals surface area (Å²) < 4.78 is 0. The van der Waals surface area contributed by atoms with E-state index in [4.69, 9.17) is 23.2 Å². The number of amides is 3. The molecule has 2 rings (SSSR count). The van der Waals surface area contributed by atoms with Crippen molar-refractivity contribution in [1.29, 1.82) is 0 Å². The van der Waals surface area contributed by atoms with Gasteiger partial charge in [0.1, 0.15) is 17.2 Å². The highest BCUT2D eigenvalue weighted by atomic mass is 35.5. The maximum Gasteiger partial charge on any atom is 0.256 e. The zero-order valence-corrected chi connectivity index (χ0v) is 12.2. The monoisotopic (exact) mass is 315 g/mol. The average Bonchev–Trinajstić information content (AvgIpc) is 2.36. The van der Waals surface area contributed by atoms with Crippen LogP contribution < -0.4 is 5.32 Å². The van der Waals surface area contributed by atoms with Gasteiger partial charge in [-0.15, -0.1) is 0 Å². The van der Waals surface area contributed by atoms with Gasteiger partial charge in [0, 0.05) is 6.20 Å². The summed E-state index contributed by atoms with van der Waals surface area (Å²) in [7, 11) is 0. The molecular weight excluding hydrogens is 305 g/mol. The molecule has 0 saturated carbocycles. The highest BCUT2D eigenvalue weighted by Gasteiger charge is 2.43. The lowest BCUT2D eigenvalue weighted by Crippen LogP contribution is -2.65. The third-order valence-corrected chi connectivity index (χ3v) is 3.76. The van der Waals surface area contributed by atoms with Crippen LogP contribution in [0.3, 0.4) is 0 Å². The molecule has 0 aromatic carbocycles. The fourth-order valence-electron chi connectivity index (χ4n) is 1.80. The lowest BCUT2D eigenvalue weighted by atomic mass is 9.97. The zero-order chi connectivity index (χ0) is 15.1. The Bertz CT molecular complexity index is 616. The molecule has 0 spiro atoms. The van der Waals surface area contributed by atoms with Crippen molar-refractivity contribution in [2.24, 2.45) is 0 Å². The van der Waals surface area contributed by atoms with Crippen molar-refractivity contribution in [2.75, 3.05) is 6.54 Å². The highest BCUT2D eigenvalue weighted by molar-refractivity contribution is 6.41. The van der Waals surface area contributed by atoms with E-state index >= 15 is 0 Å². The third kappa shape index (κ3) is 2.48. The first-order valence-corrected chi connectivity index (χ1v) is 6.46. The quantitative estimate of drug-likeness (QED) is 0.625. The highest BCUT2D eigenvalue weighted by Crippen LogP contribution is 2.24. The van der Waals surface area contributed by atoms with Gasteiger partial charge in [-0.3, -0.25) is 19.7 Å². The number of carbonyl (C=O) groups excluding carboxylic acids is 3. The first kappa shape index (κ1) is 14.7. The van der Waals surface area contributed by atoms with Gasteiger partial charge in [-0.1, -0.05) is 23.2 Å². The topological polar surface area (TPSA) is 79.4 Å². The Balaban J connectivity index is 2.38. The van der Waals surface area contributed by atoms with E-state index in [9.17, 15) is 14.4 Å². The molecule has 1 aliphatic rings. The van der Waals surface area contributed by atoms with E-state index < -0.39 is 23.3 Å². The molecule has 1 aromatic heterocycles. The fraction of sp³-hybridized carbons (Fsp3) is 0.333. The van der Waals surface area contributed by atoms with Crippen LogP contribution in [0.5, 0.6) is 0 Å². The van der Waals surface area contributed by atoms with Crippen molar-refractivity contribution in [3.05, 3.63) is 28.0 Å². The summed E-state index contributed by atoms with van der Waals surface area (Å²) in [4.78, 5) is 40.6. The van der Waals surface area contributed by atoms with Crippen LogP contribution in [0.2, 0.25) is 10.2 Å². The Morgan fingerprint density at radius 2 is 2.05 bits per heavy atom. The van der Waals surface area contributed by atoms with Gasteiger partial charge in [0.2, 0.25) is 5.91 Å². The molecule has 1 fully saturated rings. The number of hydrogen-bond donors (Lipinski definition) is 1. The van der Waals surface area contributed by atoms with Crippen molar-refractivity contribution >= 4 is 40.9 Å². The Kier molecular flexibility index (Phi) is 3.71. The molecule has 3 amide bonds. The SMILES string of the molecule is CC1(C)C(=O)NC(=O)CN1C(=O)c1cnc(Cl)c(Cl)c1. The summed E-state index contributed by atoms with van der Waals surface area (Å²) in [6, 6.07) is 1.35. The summed E-state index contributed by atoms with van der Waals surface area (Å²) in [5, 5.41) is 2.40. The summed E-state index contributed by atoms with van der Waals surface area (Å²) >= 11 is 11.5. The van der Waals surface area contributed by atoms with Gasteiger partial charge in [-0.25, -0.2) is 4.98 Å². The number of nitrogens with zero attached hydrogens (tertiary/aromatic N) is 2. The summed E-state index contributed by atoms with van der Waals surface area (Å²) in [6.45, 7) is 2.90. The van der Waals surface area contributed by atoms with Crippen LogP contribution in [0.15, 0.2) is 12.3 Å². The predicted octanol–water partition coefficient (Wildman–Crippen LogP) is 1.27. The van der Waals surface area contributed by atoms with Crippen LogP contribution in [0.25, 0.3) is 0 Å². The molecule has 0 aliphatic carbocycles. The number of halogens is 2. The molecule has 6 nitrogen and oxygen atoms in total. The standard InChI is InChI=1S/C12H11Cl2N3O3/c1-12(2)11(20)16-8(18)5-17(12)10(19)6-3-7(13)9(14)15-4-6/h3-4H,5H2,1-2H3,(H,16,18,20). The first-order valence-electron chi connectivity index (χ1n) is 5.71. The summed E-state index contributed by atoms with van der Waals surface area (Å²) in [5.74, 6) is -1.57. The molecule has 1 aliphatic heterocycles. The molecule has 106 valence electrons. The van der Waals surface area contributed by atoms with Gasteiger partial charge < -0.3 is 4.90 Å². The smallest absolute Gasteiger partial charge is 0.256 e. The number of hydrogen-bond acceptors (Lipinski definition) is 4. The van der Waals surface area contributed by atoms with Crippen molar-refractivity contribution in [1.82, 2.24) is 15.2 Å². The van der Waals surface area contributed by atoms with Crippen molar-refractivity contribution < 1.29 is 14.4 Å². The van der Waals surface area contributed by atoms with E-state index in [-0.39, 0.29) is 22.3 Å². The second-order valence-electron chi connectivity index (χ2n) is 4.82. The van der Waals surface area contributed by atoms with Crippen molar-refractivity contribution in [3.8, 4) is 0 Å². The number of nitrogens with one attached hydrogen (secondary N) is 1. The van der Waals surface area contributed by atoms with E-state index in [2.05, 4.69) is 10.3 Å². The lowest BCUT2D eigenvalue weighted by Gasteiger charge is -2.40. The molecule has 0 unspecified atom stereocenters. The second-order valence-corrected chi connectivity index (χ2v) is 5.59. The maximum absolute atomic E-state index is 12.4. The zero-order valence-electron chi connectivity index (χ0n) is 10.7. The molecule has 1 saturated heterocycles. The van der Waals surface area contributed by atoms with E-state index in [0.717, 1.165) is 0 Å². The molecule has 0 bridgehead atoms. The number of rotatable bonds is 1. The number of carbonyl (C=O) groups is 3. The van der Waals surface area contributed by atoms with Gasteiger partial charge in [0.05, 0.1) is 10.6 Å².